The Morgan fingerprint density at radius 1 is 1.05 bits per heavy atom. The van der Waals surface area contributed by atoms with Crippen LogP contribution in [0.25, 0.3) is 6.08 Å². The molecule has 2 aromatic carbocycles. The Balaban J connectivity index is 2.25. The van der Waals surface area contributed by atoms with Crippen molar-refractivity contribution in [2.75, 3.05) is 13.3 Å². The van der Waals surface area contributed by atoms with Crippen LogP contribution < -0.4 is 10.0 Å². The Labute approximate surface area is 120 Å². The molecule has 104 valence electrons. The molecule has 2 rings (SSSR count). The van der Waals surface area contributed by atoms with Crippen molar-refractivity contribution in [1.82, 2.24) is 0 Å². The Morgan fingerprint density at radius 2 is 1.70 bits per heavy atom. The second-order valence-corrected chi connectivity index (χ2v) is 7.57. The lowest BCUT2D eigenvalue weighted by Gasteiger charge is -2.12. The number of rotatable bonds is 5. The summed E-state index contributed by atoms with van der Waals surface area (Å²) >= 11 is 0. The van der Waals surface area contributed by atoms with Gasteiger partial charge in [0.2, 0.25) is 0 Å². The molecule has 0 aliphatic rings. The van der Waals surface area contributed by atoms with Crippen molar-refractivity contribution in [3.05, 3.63) is 66.0 Å². The summed E-state index contributed by atoms with van der Waals surface area (Å²) in [4.78, 5) is 0. The zero-order chi connectivity index (χ0) is 14.4. The molecular weight excluding hydrogens is 267 g/mol. The van der Waals surface area contributed by atoms with Gasteiger partial charge in [-0.05, 0) is 23.5 Å². The quantitative estimate of drug-likeness (QED) is 0.763. The summed E-state index contributed by atoms with van der Waals surface area (Å²) in [6, 6.07) is 17.4. The number of hydrogen-bond donors (Lipinski definition) is 0. The lowest BCUT2D eigenvalue weighted by Crippen LogP contribution is -2.03. The Hall–Kier alpha value is -1.79. The zero-order valence-corrected chi connectivity index (χ0v) is 12.7. The van der Waals surface area contributed by atoms with Gasteiger partial charge in [-0.2, -0.15) is 0 Å². The number of methoxy groups -OCH3 is 1. The van der Waals surface area contributed by atoms with Gasteiger partial charge >= 0.3 is 0 Å². The molecular formula is C17H19O2P. The van der Waals surface area contributed by atoms with Crippen molar-refractivity contribution in [3.8, 4) is 5.75 Å². The first-order valence-electron chi connectivity index (χ1n) is 6.65. The topological polar surface area (TPSA) is 26.3 Å². The first kappa shape index (κ1) is 14.6. The molecule has 0 aromatic heterocycles. The van der Waals surface area contributed by atoms with E-state index in [2.05, 4.69) is 0 Å². The van der Waals surface area contributed by atoms with Crippen molar-refractivity contribution < 1.29 is 9.30 Å². The maximum atomic E-state index is 13.0. The van der Waals surface area contributed by atoms with E-state index in [-0.39, 0.29) is 0 Å². The second-order valence-electron chi connectivity index (χ2n) is 4.54. The number of ether oxygens (including phenoxy) is 1. The molecule has 0 saturated heterocycles. The molecule has 0 unspecified atom stereocenters. The summed E-state index contributed by atoms with van der Waals surface area (Å²) in [5, 5.41) is 0.910. The van der Waals surface area contributed by atoms with Crippen molar-refractivity contribution in [2.45, 2.75) is 6.92 Å². The third-order valence-corrected chi connectivity index (χ3v) is 6.03. The minimum absolute atomic E-state index is 0.629. The van der Waals surface area contributed by atoms with E-state index >= 15 is 0 Å². The largest absolute Gasteiger partial charge is 0.497 e. The van der Waals surface area contributed by atoms with Gasteiger partial charge in [-0.1, -0.05) is 55.5 Å². The lowest BCUT2D eigenvalue weighted by atomic mass is 10.2. The molecule has 0 saturated carbocycles. The molecule has 0 amide bonds. The summed E-state index contributed by atoms with van der Waals surface area (Å²) in [7, 11) is -0.804. The predicted octanol–water partition coefficient (Wildman–Crippen LogP) is 4.37. The van der Waals surface area contributed by atoms with Gasteiger partial charge in [-0.3, -0.25) is 0 Å². The highest BCUT2D eigenvalue weighted by Crippen LogP contribution is 2.46. The summed E-state index contributed by atoms with van der Waals surface area (Å²) in [5.74, 6) is 2.67. The van der Waals surface area contributed by atoms with E-state index < -0.39 is 7.14 Å². The Bertz CT molecular complexity index is 615. The normalized spacial score (nSPS) is 14.1. The standard InChI is InChI=1S/C17H19O2P/c1-3-20(18,17-7-5-4-6-8-17)14-13-15-9-11-16(19-2)12-10-15/h4-14H,3H2,1-2H3/b14-13+/t20-/m1/s1. The van der Waals surface area contributed by atoms with Gasteiger partial charge in [-0.25, -0.2) is 0 Å². The molecule has 1 atom stereocenters. The van der Waals surface area contributed by atoms with Crippen LogP contribution in [0.5, 0.6) is 5.75 Å². The number of hydrogen-bond acceptors (Lipinski definition) is 2. The summed E-state index contributed by atoms with van der Waals surface area (Å²) in [6.07, 6.45) is 2.56. The zero-order valence-electron chi connectivity index (χ0n) is 11.8. The van der Waals surface area contributed by atoms with Crippen LogP contribution in [-0.2, 0) is 4.57 Å². The fourth-order valence-electron chi connectivity index (χ4n) is 1.98. The van der Waals surface area contributed by atoms with E-state index in [0.717, 1.165) is 16.6 Å². The van der Waals surface area contributed by atoms with Gasteiger partial charge in [-0.15, -0.1) is 0 Å². The molecule has 20 heavy (non-hydrogen) atoms. The average Bonchev–Trinajstić information content (AvgIpc) is 2.54. The molecule has 2 nitrogen and oxygen atoms in total. The summed E-state index contributed by atoms with van der Waals surface area (Å²) in [5.41, 5.74) is 1.02. The smallest absolute Gasteiger partial charge is 0.136 e. The van der Waals surface area contributed by atoms with Crippen molar-refractivity contribution in [2.24, 2.45) is 0 Å². The van der Waals surface area contributed by atoms with E-state index in [9.17, 15) is 4.57 Å². The second kappa shape index (κ2) is 6.58. The molecule has 0 aliphatic heterocycles. The highest BCUT2D eigenvalue weighted by molar-refractivity contribution is 7.74. The fourth-order valence-corrected chi connectivity index (χ4v) is 3.81. The maximum absolute atomic E-state index is 13.0. The average molecular weight is 286 g/mol. The molecule has 0 fully saturated rings. The summed E-state index contributed by atoms with van der Waals surface area (Å²) in [6.45, 7) is 1.96. The van der Waals surface area contributed by atoms with E-state index in [4.69, 9.17) is 4.74 Å². The molecule has 3 heteroatoms. The molecule has 0 spiro atoms. The van der Waals surface area contributed by atoms with E-state index in [0.29, 0.717) is 6.16 Å². The first-order chi connectivity index (χ1) is 9.68. The van der Waals surface area contributed by atoms with Gasteiger partial charge in [0.25, 0.3) is 0 Å². The summed E-state index contributed by atoms with van der Waals surface area (Å²) < 4.78 is 18.1. The minimum atomic E-state index is -2.45. The van der Waals surface area contributed by atoms with Crippen LogP contribution >= 0.6 is 7.14 Å². The highest BCUT2D eigenvalue weighted by atomic mass is 31.2. The molecule has 0 heterocycles. The van der Waals surface area contributed by atoms with Gasteiger partial charge in [0.1, 0.15) is 12.9 Å². The predicted molar refractivity (Wildman–Crippen MR) is 86.3 cm³/mol. The minimum Gasteiger partial charge on any atom is -0.497 e. The SMILES string of the molecule is CC[P@@](=O)(/C=C/c1ccc(OC)cc1)c1ccccc1. The van der Waals surface area contributed by atoms with Crippen LogP contribution in [0.2, 0.25) is 0 Å². The lowest BCUT2D eigenvalue weighted by molar-refractivity contribution is 0.415. The first-order valence-corrected chi connectivity index (χ1v) is 8.62. The van der Waals surface area contributed by atoms with Crippen LogP contribution in [0.1, 0.15) is 12.5 Å². The monoisotopic (exact) mass is 286 g/mol. The molecule has 0 bridgehead atoms. The molecule has 0 radical (unpaired) electrons. The Morgan fingerprint density at radius 3 is 2.25 bits per heavy atom. The van der Waals surface area contributed by atoms with Crippen LogP contribution in [0.3, 0.4) is 0 Å². The van der Waals surface area contributed by atoms with E-state index in [1.165, 1.54) is 0 Å². The van der Waals surface area contributed by atoms with E-state index in [1.807, 2.05) is 73.4 Å². The maximum Gasteiger partial charge on any atom is 0.136 e. The van der Waals surface area contributed by atoms with Gasteiger partial charge in [0.15, 0.2) is 0 Å². The van der Waals surface area contributed by atoms with Crippen LogP contribution in [0.4, 0.5) is 0 Å². The third-order valence-electron chi connectivity index (χ3n) is 3.29. The molecule has 0 N–H and O–H groups in total. The van der Waals surface area contributed by atoms with Crippen molar-refractivity contribution in [3.63, 3.8) is 0 Å². The Kier molecular flexibility index (Phi) is 4.81. The van der Waals surface area contributed by atoms with Gasteiger partial charge in [0, 0.05) is 11.5 Å². The third kappa shape index (κ3) is 3.40. The van der Waals surface area contributed by atoms with Crippen LogP contribution in [0.15, 0.2) is 60.4 Å². The van der Waals surface area contributed by atoms with Crippen LogP contribution in [-0.4, -0.2) is 13.3 Å². The van der Waals surface area contributed by atoms with Gasteiger partial charge < -0.3 is 9.30 Å². The van der Waals surface area contributed by atoms with Crippen molar-refractivity contribution in [1.29, 1.82) is 0 Å². The number of benzene rings is 2. The molecule has 0 aliphatic carbocycles. The fraction of sp³-hybridized carbons (Fsp3) is 0.176. The van der Waals surface area contributed by atoms with Gasteiger partial charge in [0.05, 0.1) is 7.11 Å². The van der Waals surface area contributed by atoms with Crippen molar-refractivity contribution >= 4 is 18.5 Å². The van der Waals surface area contributed by atoms with Crippen LogP contribution in [0, 0.1) is 0 Å². The van der Waals surface area contributed by atoms with E-state index in [1.54, 1.807) is 7.11 Å². The molecule has 2 aromatic rings. The highest BCUT2D eigenvalue weighted by Gasteiger charge is 2.17.